The number of halogens is 2. The van der Waals surface area contributed by atoms with Crippen LogP contribution in [0.15, 0.2) is 69.6 Å². The summed E-state index contributed by atoms with van der Waals surface area (Å²) in [6.45, 7) is 1.70. The Hall–Kier alpha value is -3.03. The van der Waals surface area contributed by atoms with Crippen molar-refractivity contribution in [2.24, 2.45) is 4.99 Å². The van der Waals surface area contributed by atoms with E-state index in [1.807, 2.05) is 0 Å². The van der Waals surface area contributed by atoms with Gasteiger partial charge in [-0.1, -0.05) is 53.3 Å². The Bertz CT molecular complexity index is 1360. The number of rotatable bonds is 3. The van der Waals surface area contributed by atoms with E-state index in [1.165, 1.54) is 23.8 Å². The Kier molecular flexibility index (Phi) is 5.40. The van der Waals surface area contributed by atoms with Gasteiger partial charge in [-0.15, -0.1) is 0 Å². The van der Waals surface area contributed by atoms with Crippen LogP contribution in [0.1, 0.15) is 24.1 Å². The first-order valence-corrected chi connectivity index (χ1v) is 10.2. The number of ether oxygens (including phenoxy) is 1. The molecule has 0 saturated heterocycles. The molecule has 4 rings (SSSR count). The lowest BCUT2D eigenvalue weighted by Crippen LogP contribution is -2.39. The average Bonchev–Trinajstić information content (AvgIpc) is 3.03. The summed E-state index contributed by atoms with van der Waals surface area (Å²) in [4.78, 5) is 30.7. The number of esters is 1. The summed E-state index contributed by atoms with van der Waals surface area (Å²) in [6, 6.07) is 12.4. The minimum absolute atomic E-state index is 0.268. The van der Waals surface area contributed by atoms with E-state index in [0.29, 0.717) is 31.2 Å². The molecule has 8 heteroatoms. The van der Waals surface area contributed by atoms with Crippen LogP contribution in [0.4, 0.5) is 4.39 Å². The first kappa shape index (κ1) is 20.3. The second-order valence-electron chi connectivity index (χ2n) is 6.65. The molecule has 0 fully saturated rings. The molecule has 3 aromatic rings. The molecule has 2 aromatic carbocycles. The van der Waals surface area contributed by atoms with E-state index in [-0.39, 0.29) is 11.1 Å². The van der Waals surface area contributed by atoms with Crippen LogP contribution in [0, 0.1) is 5.82 Å². The van der Waals surface area contributed by atoms with Crippen LogP contribution >= 0.6 is 22.9 Å². The highest BCUT2D eigenvalue weighted by Gasteiger charge is 2.33. The van der Waals surface area contributed by atoms with E-state index in [2.05, 4.69) is 4.99 Å². The van der Waals surface area contributed by atoms with E-state index in [1.54, 1.807) is 49.4 Å². The van der Waals surface area contributed by atoms with Crippen LogP contribution < -0.4 is 14.9 Å². The molecule has 1 aromatic heterocycles. The number of carbonyl (C=O) groups is 1. The van der Waals surface area contributed by atoms with Gasteiger partial charge in [0.1, 0.15) is 5.82 Å². The second-order valence-corrected chi connectivity index (χ2v) is 8.09. The minimum Gasteiger partial charge on any atom is -0.466 e. The van der Waals surface area contributed by atoms with Crippen LogP contribution in [-0.2, 0) is 9.53 Å². The highest BCUT2D eigenvalue weighted by molar-refractivity contribution is 7.07. The quantitative estimate of drug-likeness (QED) is 0.585. The van der Waals surface area contributed by atoms with E-state index in [4.69, 9.17) is 16.3 Å². The molecule has 2 heterocycles. The molecule has 0 bridgehead atoms. The van der Waals surface area contributed by atoms with Crippen molar-refractivity contribution >= 4 is 35.0 Å². The number of benzene rings is 2. The lowest BCUT2D eigenvalue weighted by Gasteiger charge is -2.24. The maximum Gasteiger partial charge on any atom is 0.338 e. The molecule has 1 atom stereocenters. The minimum atomic E-state index is -0.728. The second kappa shape index (κ2) is 8.01. The van der Waals surface area contributed by atoms with Crippen LogP contribution in [0.5, 0.6) is 0 Å². The van der Waals surface area contributed by atoms with Crippen LogP contribution in [0.3, 0.4) is 0 Å². The molecule has 0 amide bonds. The Morgan fingerprint density at radius 1 is 1.23 bits per heavy atom. The number of carbonyl (C=O) groups excluding carboxylic acids is 1. The third kappa shape index (κ3) is 3.51. The third-order valence-corrected chi connectivity index (χ3v) is 6.04. The summed E-state index contributed by atoms with van der Waals surface area (Å²) in [5.74, 6) is -0.997. The summed E-state index contributed by atoms with van der Waals surface area (Å²) in [5, 5.41) is 0.533. The molecule has 0 saturated carbocycles. The molecule has 0 radical (unpaired) electrons. The fourth-order valence-corrected chi connectivity index (χ4v) is 4.55. The third-order valence-electron chi connectivity index (χ3n) is 4.80. The van der Waals surface area contributed by atoms with E-state index >= 15 is 0 Å². The lowest BCUT2D eigenvalue weighted by molar-refractivity contribution is -0.136. The maximum atomic E-state index is 14.1. The standard InChI is InChI=1S/C22H16ClFN2O3S/c1-12-18(21(28)29-2)19(13-7-9-15(23)10-8-13)26-20(27)17(30-22(26)25-12)11-14-5-3-4-6-16(14)24/h3-11,19H,1-2H3/b17-11+/t19-/m1/s1. The first-order chi connectivity index (χ1) is 14.4. The molecule has 30 heavy (non-hydrogen) atoms. The summed E-state index contributed by atoms with van der Waals surface area (Å²) in [7, 11) is 1.28. The molecule has 152 valence electrons. The maximum absolute atomic E-state index is 14.1. The van der Waals surface area contributed by atoms with Crippen molar-refractivity contribution in [3.63, 3.8) is 0 Å². The molecule has 5 nitrogen and oxygen atoms in total. The number of hydrogen-bond acceptors (Lipinski definition) is 5. The van der Waals surface area contributed by atoms with Gasteiger partial charge in [-0.25, -0.2) is 14.2 Å². The van der Waals surface area contributed by atoms with Gasteiger partial charge in [0.15, 0.2) is 4.80 Å². The van der Waals surface area contributed by atoms with E-state index < -0.39 is 17.8 Å². The van der Waals surface area contributed by atoms with Gasteiger partial charge < -0.3 is 4.74 Å². The molecule has 0 N–H and O–H groups in total. The molecule has 0 spiro atoms. The molecule has 0 aliphatic carbocycles. The van der Waals surface area contributed by atoms with Gasteiger partial charge in [0.2, 0.25) is 0 Å². The van der Waals surface area contributed by atoms with Crippen LogP contribution in [0.2, 0.25) is 5.02 Å². The van der Waals surface area contributed by atoms with Crippen LogP contribution in [-0.4, -0.2) is 17.6 Å². The van der Waals surface area contributed by atoms with Crippen molar-refractivity contribution in [2.45, 2.75) is 13.0 Å². The fraction of sp³-hybridized carbons (Fsp3) is 0.136. The number of aromatic nitrogens is 1. The van der Waals surface area contributed by atoms with Crippen molar-refractivity contribution in [3.05, 3.63) is 101 Å². The van der Waals surface area contributed by atoms with E-state index in [0.717, 1.165) is 11.3 Å². The molecule has 1 aliphatic heterocycles. The smallest absolute Gasteiger partial charge is 0.338 e. The van der Waals surface area contributed by atoms with Gasteiger partial charge >= 0.3 is 5.97 Å². The average molecular weight is 443 g/mol. The van der Waals surface area contributed by atoms with Crippen molar-refractivity contribution in [2.75, 3.05) is 7.11 Å². The molecule has 0 unspecified atom stereocenters. The Morgan fingerprint density at radius 3 is 2.60 bits per heavy atom. The largest absolute Gasteiger partial charge is 0.466 e. The number of thiazole rings is 1. The van der Waals surface area contributed by atoms with E-state index in [9.17, 15) is 14.0 Å². The first-order valence-electron chi connectivity index (χ1n) is 9.01. The summed E-state index contributed by atoms with van der Waals surface area (Å²) < 4.78 is 20.8. The number of allylic oxidation sites excluding steroid dienone is 1. The van der Waals surface area contributed by atoms with Crippen molar-refractivity contribution in [1.29, 1.82) is 0 Å². The van der Waals surface area contributed by atoms with Gasteiger partial charge in [0, 0.05) is 10.6 Å². The van der Waals surface area contributed by atoms with Gasteiger partial charge in [-0.05, 0) is 36.8 Å². The predicted octanol–water partition coefficient (Wildman–Crippen LogP) is 3.20. The highest BCUT2D eigenvalue weighted by atomic mass is 35.5. The number of methoxy groups -OCH3 is 1. The fourth-order valence-electron chi connectivity index (χ4n) is 3.39. The Balaban J connectivity index is 1.99. The predicted molar refractivity (Wildman–Crippen MR) is 114 cm³/mol. The molecular weight excluding hydrogens is 427 g/mol. The van der Waals surface area contributed by atoms with Gasteiger partial charge in [0.05, 0.1) is 29.0 Å². The zero-order valence-corrected chi connectivity index (χ0v) is 17.6. The van der Waals surface area contributed by atoms with Gasteiger partial charge in [0.25, 0.3) is 5.56 Å². The SMILES string of the molecule is COC(=O)C1=C(C)N=c2s/c(=C/c3ccccc3F)c(=O)n2[C@@H]1c1ccc(Cl)cc1. The molecular formula is C22H16ClFN2O3S. The number of fused-ring (bicyclic) bond motifs is 1. The normalized spacial score (nSPS) is 16.3. The van der Waals surface area contributed by atoms with Crippen molar-refractivity contribution in [1.82, 2.24) is 4.57 Å². The zero-order chi connectivity index (χ0) is 21.4. The zero-order valence-electron chi connectivity index (χ0n) is 16.1. The Morgan fingerprint density at radius 2 is 1.93 bits per heavy atom. The van der Waals surface area contributed by atoms with Crippen molar-refractivity contribution < 1.29 is 13.9 Å². The Labute approximate surface area is 180 Å². The summed E-state index contributed by atoms with van der Waals surface area (Å²) >= 11 is 7.16. The highest BCUT2D eigenvalue weighted by Crippen LogP contribution is 2.31. The monoisotopic (exact) mass is 442 g/mol. The summed E-state index contributed by atoms with van der Waals surface area (Å²) in [6.07, 6.45) is 1.50. The number of nitrogens with zero attached hydrogens (tertiary/aromatic N) is 2. The van der Waals surface area contributed by atoms with Crippen LogP contribution in [0.25, 0.3) is 6.08 Å². The van der Waals surface area contributed by atoms with Gasteiger partial charge in [-0.2, -0.15) is 0 Å². The summed E-state index contributed by atoms with van der Waals surface area (Å²) in [5.41, 5.74) is 1.35. The topological polar surface area (TPSA) is 60.7 Å². The number of hydrogen-bond donors (Lipinski definition) is 0. The molecule has 1 aliphatic rings. The van der Waals surface area contributed by atoms with Crippen molar-refractivity contribution in [3.8, 4) is 0 Å². The van der Waals surface area contributed by atoms with Gasteiger partial charge in [-0.3, -0.25) is 9.36 Å². The lowest BCUT2D eigenvalue weighted by atomic mass is 9.96.